The van der Waals surface area contributed by atoms with Crippen LogP contribution < -0.4 is 4.18 Å². The van der Waals surface area contributed by atoms with Crippen LogP contribution in [0.5, 0.6) is 5.75 Å². The zero-order valence-corrected chi connectivity index (χ0v) is 19.2. The van der Waals surface area contributed by atoms with Gasteiger partial charge in [-0.3, -0.25) is 4.55 Å². The van der Waals surface area contributed by atoms with Gasteiger partial charge in [-0.1, -0.05) is 25.0 Å². The molecular weight excluding hydrogens is 514 g/mol. The Balaban J connectivity index is 1.60. The number of fused-ring (bicyclic) bond motifs is 2. The molecule has 34 heavy (non-hydrogen) atoms. The van der Waals surface area contributed by atoms with Gasteiger partial charge < -0.3 is 4.18 Å². The summed E-state index contributed by atoms with van der Waals surface area (Å²) in [6.45, 7) is 0. The Morgan fingerprint density at radius 1 is 0.824 bits per heavy atom. The van der Waals surface area contributed by atoms with Crippen LogP contribution in [0, 0.1) is 17.8 Å². The topological polar surface area (TPSA) is 97.7 Å². The maximum absolute atomic E-state index is 14.0. The van der Waals surface area contributed by atoms with Crippen molar-refractivity contribution < 1.29 is 51.9 Å². The predicted octanol–water partition coefficient (Wildman–Crippen LogP) is 4.96. The summed E-state index contributed by atoms with van der Waals surface area (Å²) in [5.41, 5.74) is 0.682. The second-order valence-corrected chi connectivity index (χ2v) is 12.6. The summed E-state index contributed by atoms with van der Waals surface area (Å²) in [4.78, 5) is 0. The summed E-state index contributed by atoms with van der Waals surface area (Å²) < 4.78 is 139. The normalized spacial score (nSPS) is 30.3. The van der Waals surface area contributed by atoms with Gasteiger partial charge in [0.1, 0.15) is 5.75 Å². The summed E-state index contributed by atoms with van der Waals surface area (Å²) in [6.07, 6.45) is 7.33. The van der Waals surface area contributed by atoms with Crippen molar-refractivity contribution in [1.82, 2.24) is 0 Å². The molecule has 3 bridgehead atoms. The van der Waals surface area contributed by atoms with Crippen LogP contribution in [0.3, 0.4) is 0 Å². The second-order valence-electron chi connectivity index (χ2n) is 9.53. The average molecular weight is 537 g/mol. The molecule has 0 radical (unpaired) electrons. The van der Waals surface area contributed by atoms with E-state index in [1.165, 1.54) is 12.1 Å². The summed E-state index contributed by atoms with van der Waals surface area (Å²) in [5, 5.41) is -13.5. The second kappa shape index (κ2) is 7.73. The van der Waals surface area contributed by atoms with Gasteiger partial charge >= 0.3 is 36.7 Å². The lowest BCUT2D eigenvalue weighted by Crippen LogP contribution is -2.61. The molecule has 4 rings (SSSR count). The number of hydrogen-bond acceptors (Lipinski definition) is 5. The predicted molar refractivity (Wildman–Crippen MR) is 107 cm³/mol. The lowest BCUT2D eigenvalue weighted by molar-refractivity contribution is -0.247. The number of rotatable bonds is 7. The molecule has 0 heterocycles. The van der Waals surface area contributed by atoms with Crippen LogP contribution in [0.1, 0.15) is 50.5 Å². The van der Waals surface area contributed by atoms with E-state index >= 15 is 0 Å². The fourth-order valence-corrected chi connectivity index (χ4v) is 7.50. The SMILES string of the molecule is O=S(=O)(O)C(F)(F)C(F)(F)C(F)(F)S(=O)(=O)Oc1ccc(C23CC4CCC2CCC(C4)C3)cc1. The molecule has 0 spiro atoms. The quantitative estimate of drug-likeness (QED) is 0.301. The smallest absolute Gasteiger partial charge is 0.378 e. The van der Waals surface area contributed by atoms with E-state index in [0.29, 0.717) is 17.8 Å². The molecule has 3 fully saturated rings. The minimum absolute atomic E-state index is 0.157. The van der Waals surface area contributed by atoms with Gasteiger partial charge in [-0.2, -0.15) is 43.2 Å². The van der Waals surface area contributed by atoms with Crippen molar-refractivity contribution in [2.75, 3.05) is 0 Å². The van der Waals surface area contributed by atoms with E-state index in [2.05, 4.69) is 4.18 Å². The molecule has 2 atom stereocenters. The van der Waals surface area contributed by atoms with Crippen molar-refractivity contribution in [2.45, 2.75) is 66.8 Å². The monoisotopic (exact) mass is 536 g/mol. The first-order valence-electron chi connectivity index (χ1n) is 10.6. The van der Waals surface area contributed by atoms with Crippen LogP contribution in [0.2, 0.25) is 0 Å². The van der Waals surface area contributed by atoms with Crippen molar-refractivity contribution in [3.63, 3.8) is 0 Å². The molecule has 14 heteroatoms. The van der Waals surface area contributed by atoms with Crippen LogP contribution >= 0.6 is 0 Å². The van der Waals surface area contributed by atoms with Gasteiger partial charge in [-0.25, -0.2) is 0 Å². The lowest BCUT2D eigenvalue weighted by atomic mass is 9.47. The number of benzene rings is 1. The molecule has 2 unspecified atom stereocenters. The highest BCUT2D eigenvalue weighted by Gasteiger charge is 2.83. The Bertz CT molecular complexity index is 1150. The molecule has 0 saturated heterocycles. The maximum Gasteiger partial charge on any atom is 0.450 e. The fourth-order valence-electron chi connectivity index (χ4n) is 6.08. The lowest BCUT2D eigenvalue weighted by Gasteiger charge is -2.57. The van der Waals surface area contributed by atoms with E-state index in [4.69, 9.17) is 4.55 Å². The fraction of sp³-hybridized carbons (Fsp3) is 0.700. The van der Waals surface area contributed by atoms with Gasteiger partial charge in [0, 0.05) is 0 Å². The highest BCUT2D eigenvalue weighted by molar-refractivity contribution is 7.88. The van der Waals surface area contributed by atoms with Gasteiger partial charge in [-0.05, 0) is 73.0 Å². The molecule has 6 nitrogen and oxygen atoms in total. The zero-order valence-electron chi connectivity index (χ0n) is 17.6. The van der Waals surface area contributed by atoms with E-state index in [9.17, 15) is 43.2 Å². The minimum atomic E-state index is -7.09. The summed E-state index contributed by atoms with van der Waals surface area (Å²) in [7, 11) is -13.9. The third-order valence-corrected chi connectivity index (χ3v) is 9.81. The molecule has 0 aliphatic heterocycles. The highest BCUT2D eigenvalue weighted by atomic mass is 32.2. The Morgan fingerprint density at radius 3 is 1.79 bits per heavy atom. The standard InChI is InChI=1S/C20H22F6O6S2/c21-18(22,19(23,24)33(27,28)29)20(25,26)34(30,31)32-16-7-5-15(6-8-16)17-10-12-1-3-14(17)4-2-13(9-12)11-17/h5-8,12-14H,1-4,9-11H2,(H,27,28,29). The van der Waals surface area contributed by atoms with E-state index in [0.717, 1.165) is 62.6 Å². The Kier molecular flexibility index (Phi) is 5.81. The van der Waals surface area contributed by atoms with E-state index < -0.39 is 42.4 Å². The van der Waals surface area contributed by atoms with Crippen molar-refractivity contribution >= 4 is 20.2 Å². The van der Waals surface area contributed by atoms with Crippen LogP contribution in [-0.4, -0.2) is 37.8 Å². The van der Waals surface area contributed by atoms with Gasteiger partial charge in [-0.15, -0.1) is 0 Å². The van der Waals surface area contributed by atoms with Crippen LogP contribution in [0.15, 0.2) is 24.3 Å². The maximum atomic E-state index is 14.0. The Morgan fingerprint density at radius 2 is 1.32 bits per heavy atom. The number of hydrogen-bond donors (Lipinski definition) is 1. The summed E-state index contributed by atoms with van der Waals surface area (Å²) >= 11 is 0. The van der Waals surface area contributed by atoms with E-state index in [1.54, 1.807) is 0 Å². The molecule has 3 saturated carbocycles. The van der Waals surface area contributed by atoms with Crippen LogP contribution in [0.25, 0.3) is 0 Å². The highest BCUT2D eigenvalue weighted by Crippen LogP contribution is 2.60. The van der Waals surface area contributed by atoms with Gasteiger partial charge in [0.2, 0.25) is 0 Å². The molecule has 3 aliphatic carbocycles. The Labute approximate surface area is 192 Å². The van der Waals surface area contributed by atoms with Crippen LogP contribution in [0.4, 0.5) is 26.3 Å². The van der Waals surface area contributed by atoms with Gasteiger partial charge in [0.05, 0.1) is 0 Å². The van der Waals surface area contributed by atoms with Crippen molar-refractivity contribution in [1.29, 1.82) is 0 Å². The molecule has 1 N–H and O–H groups in total. The molecule has 0 aromatic heterocycles. The zero-order chi connectivity index (χ0) is 25.4. The molecular formula is C20H22F6O6S2. The van der Waals surface area contributed by atoms with Crippen molar-refractivity contribution in [3.8, 4) is 5.75 Å². The van der Waals surface area contributed by atoms with Crippen molar-refractivity contribution in [3.05, 3.63) is 29.8 Å². The minimum Gasteiger partial charge on any atom is -0.378 e. The largest absolute Gasteiger partial charge is 0.450 e. The first-order valence-corrected chi connectivity index (χ1v) is 13.4. The first-order chi connectivity index (χ1) is 15.4. The van der Waals surface area contributed by atoms with Crippen molar-refractivity contribution in [2.24, 2.45) is 17.8 Å². The summed E-state index contributed by atoms with van der Waals surface area (Å²) in [6, 6.07) is 4.86. The average Bonchev–Trinajstić information content (AvgIpc) is 2.71. The number of alkyl halides is 6. The molecule has 192 valence electrons. The molecule has 1 aromatic carbocycles. The third kappa shape index (κ3) is 3.62. The molecule has 3 aliphatic rings. The summed E-state index contributed by atoms with van der Waals surface area (Å²) in [5.74, 6) is -6.36. The van der Waals surface area contributed by atoms with Crippen LogP contribution in [-0.2, 0) is 25.7 Å². The van der Waals surface area contributed by atoms with Gasteiger partial charge in [0.25, 0.3) is 0 Å². The van der Waals surface area contributed by atoms with Gasteiger partial charge in [0.15, 0.2) is 0 Å². The Hall–Kier alpha value is -1.54. The van der Waals surface area contributed by atoms with E-state index in [1.807, 2.05) is 0 Å². The first kappa shape index (κ1) is 25.5. The molecule has 0 amide bonds. The molecule has 1 aromatic rings. The third-order valence-electron chi connectivity index (χ3n) is 7.60. The van der Waals surface area contributed by atoms with E-state index in [-0.39, 0.29) is 5.41 Å². The number of halogens is 6.